The molecule has 0 aromatic heterocycles. The molecule has 0 heterocycles. The molecule has 0 unspecified atom stereocenters. The van der Waals surface area contributed by atoms with Gasteiger partial charge in [-0.2, -0.15) is 0 Å². The summed E-state index contributed by atoms with van der Waals surface area (Å²) in [7, 11) is -1.57. The maximum atomic E-state index is 14.3. The molecule has 17 heavy (non-hydrogen) atoms. The zero-order valence-corrected chi connectivity index (χ0v) is 11.8. The van der Waals surface area contributed by atoms with E-state index in [0.717, 1.165) is 0 Å². The van der Waals surface area contributed by atoms with Gasteiger partial charge in [-0.15, -0.1) is 0 Å². The predicted molar refractivity (Wildman–Crippen MR) is 66.9 cm³/mol. The minimum absolute atomic E-state index is 0.0719. The van der Waals surface area contributed by atoms with Crippen LogP contribution >= 0.6 is 0 Å². The van der Waals surface area contributed by atoms with E-state index < -0.39 is 13.8 Å². The molecular weight excluding hydrogens is 242 g/mol. The van der Waals surface area contributed by atoms with Gasteiger partial charge in [0.2, 0.25) is 0 Å². The van der Waals surface area contributed by atoms with Crippen molar-refractivity contribution in [3.63, 3.8) is 0 Å². The third-order valence-electron chi connectivity index (χ3n) is 2.69. The van der Waals surface area contributed by atoms with Crippen molar-refractivity contribution < 1.29 is 17.7 Å². The van der Waals surface area contributed by atoms with Gasteiger partial charge in [0, 0.05) is 10.2 Å². The predicted octanol–water partition coefficient (Wildman–Crippen LogP) is 3.09. The van der Waals surface area contributed by atoms with Crippen LogP contribution in [0.2, 0.25) is 5.04 Å². The number of benzene rings is 1. The Morgan fingerprint density at radius 2 is 1.53 bits per heavy atom. The van der Waals surface area contributed by atoms with Crippen LogP contribution in [-0.2, 0) is 0 Å². The Balaban J connectivity index is 3.25. The van der Waals surface area contributed by atoms with Gasteiger partial charge >= 0.3 is 8.74 Å². The molecule has 2 nitrogen and oxygen atoms in total. The average molecular weight is 260 g/mol. The van der Waals surface area contributed by atoms with Crippen LogP contribution in [0.25, 0.3) is 0 Å². The molecule has 5 heteroatoms. The fourth-order valence-corrected chi connectivity index (χ4v) is 2.94. The van der Waals surface area contributed by atoms with Crippen LogP contribution in [0, 0.1) is 0 Å². The molecule has 1 aromatic rings. The first-order chi connectivity index (χ1) is 7.74. The fraction of sp³-hybridized carbons (Fsp3) is 0.500. The highest BCUT2D eigenvalue weighted by atomic mass is 28.4. The van der Waals surface area contributed by atoms with Crippen molar-refractivity contribution in [3.8, 4) is 11.5 Å². The molecule has 0 radical (unpaired) electrons. The lowest BCUT2D eigenvalue weighted by molar-refractivity contribution is 0.355. The topological polar surface area (TPSA) is 18.5 Å². The number of hydrogen-bond donors (Lipinski definition) is 0. The summed E-state index contributed by atoms with van der Waals surface area (Å²) in [5.74, 6) is 0.816. The summed E-state index contributed by atoms with van der Waals surface area (Å²) in [6.45, 7) is 4.70. The second kappa shape index (κ2) is 4.64. The molecule has 0 atom stereocenters. The van der Waals surface area contributed by atoms with E-state index in [2.05, 4.69) is 0 Å². The number of halogens is 2. The molecular formula is C12H18F2O2Si. The van der Waals surface area contributed by atoms with E-state index in [9.17, 15) is 8.22 Å². The molecule has 0 N–H and O–H groups in total. The van der Waals surface area contributed by atoms with Gasteiger partial charge in [0.25, 0.3) is 0 Å². The maximum Gasteiger partial charge on any atom is 0.460 e. The van der Waals surface area contributed by atoms with Crippen molar-refractivity contribution >= 4 is 13.9 Å². The molecule has 1 aromatic carbocycles. The Labute approximate surface area is 102 Å². The largest absolute Gasteiger partial charge is 0.493 e. The monoisotopic (exact) mass is 260 g/mol. The van der Waals surface area contributed by atoms with Crippen molar-refractivity contribution in [1.29, 1.82) is 0 Å². The van der Waals surface area contributed by atoms with Crippen molar-refractivity contribution in [2.75, 3.05) is 14.2 Å². The molecule has 0 aliphatic carbocycles. The first kappa shape index (κ1) is 14.0. The van der Waals surface area contributed by atoms with E-state index >= 15 is 0 Å². The lowest BCUT2D eigenvalue weighted by Crippen LogP contribution is -2.47. The highest BCUT2D eigenvalue weighted by Gasteiger charge is 2.50. The first-order valence-corrected chi connectivity index (χ1v) is 7.10. The Morgan fingerprint density at radius 1 is 1.00 bits per heavy atom. The summed E-state index contributed by atoms with van der Waals surface area (Å²) >= 11 is 0. The molecule has 0 bridgehead atoms. The second-order valence-corrected chi connectivity index (χ2v) is 8.12. The minimum Gasteiger partial charge on any atom is -0.493 e. The third kappa shape index (κ3) is 2.60. The van der Waals surface area contributed by atoms with Crippen molar-refractivity contribution in [1.82, 2.24) is 0 Å². The van der Waals surface area contributed by atoms with E-state index in [4.69, 9.17) is 9.47 Å². The number of ether oxygens (including phenoxy) is 2. The minimum atomic E-state index is -4.50. The van der Waals surface area contributed by atoms with Gasteiger partial charge in [-0.25, -0.2) is 0 Å². The van der Waals surface area contributed by atoms with E-state index in [1.807, 2.05) is 0 Å². The van der Waals surface area contributed by atoms with Crippen LogP contribution in [0.15, 0.2) is 18.2 Å². The van der Waals surface area contributed by atoms with E-state index in [1.165, 1.54) is 32.4 Å². The summed E-state index contributed by atoms with van der Waals surface area (Å²) in [4.78, 5) is 0. The molecule has 0 saturated carbocycles. The summed E-state index contributed by atoms with van der Waals surface area (Å²) in [6.07, 6.45) is 0. The molecule has 0 fully saturated rings. The zero-order valence-electron chi connectivity index (χ0n) is 10.8. The van der Waals surface area contributed by atoms with Gasteiger partial charge < -0.3 is 9.47 Å². The standard InChI is InChI=1S/C12H18F2O2Si/c1-12(2,3)17(13,14)9-6-7-10(15-4)11(8-9)16-5/h6-8H,1-5H3. The lowest BCUT2D eigenvalue weighted by Gasteiger charge is -2.27. The zero-order chi connectivity index (χ0) is 13.3. The van der Waals surface area contributed by atoms with Gasteiger partial charge in [-0.3, -0.25) is 8.22 Å². The molecule has 0 aliphatic rings. The molecule has 0 saturated heterocycles. The van der Waals surface area contributed by atoms with Crippen LogP contribution < -0.4 is 14.7 Å². The Kier molecular flexibility index (Phi) is 3.81. The van der Waals surface area contributed by atoms with Crippen LogP contribution in [0.5, 0.6) is 11.5 Å². The first-order valence-electron chi connectivity index (χ1n) is 5.34. The number of methoxy groups -OCH3 is 2. The summed E-state index contributed by atoms with van der Waals surface area (Å²) < 4.78 is 38.6. The van der Waals surface area contributed by atoms with Gasteiger partial charge in [0.1, 0.15) is 0 Å². The molecule has 96 valence electrons. The highest BCUT2D eigenvalue weighted by molar-refractivity contribution is 6.82. The van der Waals surface area contributed by atoms with E-state index in [-0.39, 0.29) is 5.19 Å². The summed E-state index contributed by atoms with van der Waals surface area (Å²) in [5, 5.41) is -0.935. The Hall–Kier alpha value is -1.10. The lowest BCUT2D eigenvalue weighted by atomic mass is 10.2. The van der Waals surface area contributed by atoms with Gasteiger partial charge in [-0.1, -0.05) is 26.8 Å². The average Bonchev–Trinajstić information content (AvgIpc) is 2.26. The van der Waals surface area contributed by atoms with Crippen LogP contribution in [-0.4, -0.2) is 23.0 Å². The number of rotatable bonds is 3. The van der Waals surface area contributed by atoms with Crippen molar-refractivity contribution in [3.05, 3.63) is 18.2 Å². The second-order valence-electron chi connectivity index (χ2n) is 4.89. The highest BCUT2D eigenvalue weighted by Crippen LogP contribution is 2.39. The molecule has 0 spiro atoms. The van der Waals surface area contributed by atoms with Crippen molar-refractivity contribution in [2.24, 2.45) is 0 Å². The molecule has 0 amide bonds. The smallest absolute Gasteiger partial charge is 0.460 e. The Morgan fingerprint density at radius 3 is 1.94 bits per heavy atom. The SMILES string of the molecule is COc1ccc([Si](F)(F)C(C)(C)C)cc1OC. The van der Waals surface area contributed by atoms with E-state index in [0.29, 0.717) is 11.5 Å². The molecule has 0 aliphatic heterocycles. The summed E-state index contributed by atoms with van der Waals surface area (Å²) in [5.41, 5.74) is 0. The van der Waals surface area contributed by atoms with Gasteiger partial charge in [0.15, 0.2) is 11.5 Å². The van der Waals surface area contributed by atoms with E-state index in [1.54, 1.807) is 20.8 Å². The maximum absolute atomic E-state index is 14.3. The normalized spacial score (nSPS) is 12.4. The number of hydrogen-bond acceptors (Lipinski definition) is 2. The quantitative estimate of drug-likeness (QED) is 0.614. The Bertz CT molecular complexity index is 400. The van der Waals surface area contributed by atoms with Gasteiger partial charge in [0.05, 0.1) is 14.2 Å². The van der Waals surface area contributed by atoms with Crippen LogP contribution in [0.3, 0.4) is 0 Å². The van der Waals surface area contributed by atoms with Crippen molar-refractivity contribution in [2.45, 2.75) is 25.8 Å². The molecule has 1 rings (SSSR count). The van der Waals surface area contributed by atoms with Crippen LogP contribution in [0.1, 0.15) is 20.8 Å². The van der Waals surface area contributed by atoms with Crippen LogP contribution in [0.4, 0.5) is 8.22 Å². The fourth-order valence-electron chi connectivity index (χ4n) is 1.46. The third-order valence-corrected chi connectivity index (χ3v) is 5.61. The van der Waals surface area contributed by atoms with Gasteiger partial charge in [-0.05, 0) is 12.1 Å². The summed E-state index contributed by atoms with van der Waals surface area (Å²) in [6, 6.07) is 4.34.